The molecule has 6 nitrogen and oxygen atoms in total. The lowest BCUT2D eigenvalue weighted by molar-refractivity contribution is 0.00855. The minimum Gasteiger partial charge on any atom is -0.497 e. The summed E-state index contributed by atoms with van der Waals surface area (Å²) < 4.78 is 16.2. The molecular formula is C24H28N2O4. The van der Waals surface area contributed by atoms with E-state index in [1.54, 1.807) is 19.2 Å². The first kappa shape index (κ1) is 20.6. The molecule has 30 heavy (non-hydrogen) atoms. The fraction of sp³-hybridized carbons (Fsp3) is 0.375. The predicted molar refractivity (Wildman–Crippen MR) is 117 cm³/mol. The Labute approximate surface area is 176 Å². The summed E-state index contributed by atoms with van der Waals surface area (Å²) in [6.45, 7) is 6.09. The van der Waals surface area contributed by atoms with Crippen molar-refractivity contribution in [2.24, 2.45) is 0 Å². The SMILES string of the molecule is COc1ccc2c(CN[C@@H](C)[C@H](c3ccccc3)N3CCOCC3)cc(=O)oc2c1. The van der Waals surface area contributed by atoms with Crippen LogP contribution in [0.25, 0.3) is 11.0 Å². The molecule has 1 fully saturated rings. The average Bonchev–Trinajstić information content (AvgIpc) is 2.78. The number of rotatable bonds is 7. The lowest BCUT2D eigenvalue weighted by atomic mass is 9.97. The number of fused-ring (bicyclic) bond motifs is 1. The predicted octanol–water partition coefficient (Wildman–Crippen LogP) is 3.35. The number of hydrogen-bond donors (Lipinski definition) is 1. The van der Waals surface area contributed by atoms with Gasteiger partial charge in [0.1, 0.15) is 11.3 Å². The first-order chi connectivity index (χ1) is 14.7. The summed E-state index contributed by atoms with van der Waals surface area (Å²) in [6, 6.07) is 18.1. The minimum atomic E-state index is -0.354. The second-order valence-corrected chi connectivity index (χ2v) is 7.63. The van der Waals surface area contributed by atoms with E-state index >= 15 is 0 Å². The van der Waals surface area contributed by atoms with Crippen molar-refractivity contribution in [3.63, 3.8) is 0 Å². The Morgan fingerprint density at radius 3 is 2.60 bits per heavy atom. The average molecular weight is 408 g/mol. The fourth-order valence-corrected chi connectivity index (χ4v) is 4.19. The van der Waals surface area contributed by atoms with Gasteiger partial charge in [-0.15, -0.1) is 0 Å². The highest BCUT2D eigenvalue weighted by Gasteiger charge is 2.27. The van der Waals surface area contributed by atoms with Crippen molar-refractivity contribution in [3.05, 3.63) is 76.1 Å². The number of hydrogen-bond acceptors (Lipinski definition) is 6. The third kappa shape index (κ3) is 4.56. The number of nitrogens with zero attached hydrogens (tertiary/aromatic N) is 1. The number of nitrogens with one attached hydrogen (secondary N) is 1. The Bertz CT molecular complexity index is 1030. The van der Waals surface area contributed by atoms with Gasteiger partial charge in [-0.05, 0) is 30.2 Å². The van der Waals surface area contributed by atoms with E-state index < -0.39 is 0 Å². The molecule has 1 aliphatic rings. The van der Waals surface area contributed by atoms with E-state index in [-0.39, 0.29) is 17.7 Å². The number of ether oxygens (including phenoxy) is 2. The minimum absolute atomic E-state index is 0.172. The summed E-state index contributed by atoms with van der Waals surface area (Å²) in [7, 11) is 1.60. The third-order valence-corrected chi connectivity index (χ3v) is 5.71. The Morgan fingerprint density at radius 1 is 1.10 bits per heavy atom. The maximum atomic E-state index is 12.1. The lowest BCUT2D eigenvalue weighted by Gasteiger charge is -2.38. The number of methoxy groups -OCH3 is 1. The van der Waals surface area contributed by atoms with Crippen LogP contribution in [0.1, 0.15) is 24.1 Å². The molecule has 1 saturated heterocycles. The summed E-state index contributed by atoms with van der Waals surface area (Å²) in [5.74, 6) is 0.667. The van der Waals surface area contributed by atoms with E-state index in [9.17, 15) is 4.79 Å². The van der Waals surface area contributed by atoms with Gasteiger partial charge in [0.2, 0.25) is 0 Å². The zero-order valence-corrected chi connectivity index (χ0v) is 17.5. The van der Waals surface area contributed by atoms with Crippen LogP contribution >= 0.6 is 0 Å². The smallest absolute Gasteiger partial charge is 0.336 e. The van der Waals surface area contributed by atoms with Gasteiger partial charge in [0.05, 0.1) is 26.4 Å². The van der Waals surface area contributed by atoms with Crippen molar-refractivity contribution >= 4 is 11.0 Å². The Morgan fingerprint density at radius 2 is 1.87 bits per heavy atom. The first-order valence-corrected chi connectivity index (χ1v) is 10.4. The van der Waals surface area contributed by atoms with Crippen LogP contribution in [0, 0.1) is 0 Å². The maximum absolute atomic E-state index is 12.1. The first-order valence-electron chi connectivity index (χ1n) is 10.4. The van der Waals surface area contributed by atoms with Crippen molar-refractivity contribution in [1.82, 2.24) is 10.2 Å². The molecule has 2 atom stereocenters. The van der Waals surface area contributed by atoms with E-state index in [1.807, 2.05) is 18.2 Å². The van der Waals surface area contributed by atoms with Crippen LogP contribution in [0.15, 0.2) is 63.8 Å². The van der Waals surface area contributed by atoms with Gasteiger partial charge in [0.25, 0.3) is 0 Å². The van der Waals surface area contributed by atoms with Gasteiger partial charge in [0.15, 0.2) is 0 Å². The van der Waals surface area contributed by atoms with Gasteiger partial charge in [-0.1, -0.05) is 30.3 Å². The van der Waals surface area contributed by atoms with Crippen LogP contribution in [0.4, 0.5) is 0 Å². The van der Waals surface area contributed by atoms with Crippen molar-refractivity contribution in [1.29, 1.82) is 0 Å². The highest BCUT2D eigenvalue weighted by molar-refractivity contribution is 5.81. The molecule has 6 heteroatoms. The molecule has 0 unspecified atom stereocenters. The van der Waals surface area contributed by atoms with E-state index in [0.29, 0.717) is 17.9 Å². The van der Waals surface area contributed by atoms with Crippen LogP contribution in [-0.4, -0.2) is 44.4 Å². The highest BCUT2D eigenvalue weighted by atomic mass is 16.5. The molecule has 0 saturated carbocycles. The summed E-state index contributed by atoms with van der Waals surface area (Å²) in [6.07, 6.45) is 0. The second-order valence-electron chi connectivity index (χ2n) is 7.63. The summed E-state index contributed by atoms with van der Waals surface area (Å²) in [5, 5.41) is 4.56. The van der Waals surface area contributed by atoms with Gasteiger partial charge in [-0.2, -0.15) is 0 Å². The molecule has 158 valence electrons. The van der Waals surface area contributed by atoms with Crippen molar-refractivity contribution < 1.29 is 13.9 Å². The Kier molecular flexibility index (Phi) is 6.47. The van der Waals surface area contributed by atoms with Crippen LogP contribution in [0.5, 0.6) is 5.75 Å². The van der Waals surface area contributed by atoms with Gasteiger partial charge in [-0.3, -0.25) is 4.90 Å². The Hall–Kier alpha value is -2.67. The van der Waals surface area contributed by atoms with Crippen LogP contribution in [-0.2, 0) is 11.3 Å². The van der Waals surface area contributed by atoms with E-state index in [4.69, 9.17) is 13.9 Å². The zero-order valence-electron chi connectivity index (χ0n) is 17.5. The second kappa shape index (κ2) is 9.43. The quantitative estimate of drug-likeness (QED) is 0.605. The molecule has 1 aliphatic heterocycles. The summed E-state index contributed by atoms with van der Waals surface area (Å²) in [4.78, 5) is 14.6. The molecule has 4 rings (SSSR count). The monoisotopic (exact) mass is 408 g/mol. The van der Waals surface area contributed by atoms with Crippen molar-refractivity contribution in [3.8, 4) is 5.75 Å². The van der Waals surface area contributed by atoms with Crippen LogP contribution in [0.3, 0.4) is 0 Å². The van der Waals surface area contributed by atoms with E-state index in [2.05, 4.69) is 41.4 Å². The van der Waals surface area contributed by atoms with Crippen LogP contribution in [0.2, 0.25) is 0 Å². The number of morpholine rings is 1. The Balaban J connectivity index is 1.57. The molecule has 0 aliphatic carbocycles. The van der Waals surface area contributed by atoms with Gasteiger partial charge in [-0.25, -0.2) is 4.79 Å². The van der Waals surface area contributed by atoms with Crippen molar-refractivity contribution in [2.45, 2.75) is 25.6 Å². The van der Waals surface area contributed by atoms with Crippen LogP contribution < -0.4 is 15.7 Å². The molecule has 1 N–H and O–H groups in total. The molecule has 2 aromatic carbocycles. The largest absolute Gasteiger partial charge is 0.497 e. The topological polar surface area (TPSA) is 63.9 Å². The van der Waals surface area contributed by atoms with Gasteiger partial charge >= 0.3 is 5.63 Å². The zero-order chi connectivity index (χ0) is 20.9. The third-order valence-electron chi connectivity index (χ3n) is 5.71. The molecule has 3 aromatic rings. The standard InChI is InChI=1S/C24H28N2O4/c1-17(24(18-6-4-3-5-7-18)26-10-12-29-13-11-26)25-16-19-14-23(27)30-22-15-20(28-2)8-9-21(19)22/h3-9,14-15,17,24-25H,10-13,16H2,1-2H3/t17-,24+/m0/s1. The normalized spacial score (nSPS) is 17.0. The molecule has 2 heterocycles. The molecule has 0 radical (unpaired) electrons. The molecule has 0 spiro atoms. The lowest BCUT2D eigenvalue weighted by Crippen LogP contribution is -2.46. The summed E-state index contributed by atoms with van der Waals surface area (Å²) >= 11 is 0. The van der Waals surface area contributed by atoms with Crippen molar-refractivity contribution in [2.75, 3.05) is 33.4 Å². The molecule has 0 bridgehead atoms. The molecule has 0 amide bonds. The fourth-order valence-electron chi connectivity index (χ4n) is 4.19. The number of benzene rings is 2. The van der Waals surface area contributed by atoms with E-state index in [0.717, 1.165) is 37.3 Å². The maximum Gasteiger partial charge on any atom is 0.336 e. The van der Waals surface area contributed by atoms with Gasteiger partial charge in [0, 0.05) is 43.2 Å². The summed E-state index contributed by atoms with van der Waals surface area (Å²) in [5.41, 5.74) is 2.39. The molecular weight excluding hydrogens is 380 g/mol. The highest BCUT2D eigenvalue weighted by Crippen LogP contribution is 2.27. The van der Waals surface area contributed by atoms with Gasteiger partial charge < -0.3 is 19.2 Å². The molecule has 1 aromatic heterocycles. The van der Waals surface area contributed by atoms with E-state index in [1.165, 1.54) is 5.56 Å².